The summed E-state index contributed by atoms with van der Waals surface area (Å²) in [4.78, 5) is 62.7. The summed E-state index contributed by atoms with van der Waals surface area (Å²) in [5.41, 5.74) is 1.85. The molecule has 2 N–H and O–H groups in total. The number of benzene rings is 3. The molecule has 9 nitrogen and oxygen atoms in total. The third-order valence-corrected chi connectivity index (χ3v) is 5.85. The lowest BCUT2D eigenvalue weighted by molar-refractivity contribution is -0.120. The average Bonchev–Trinajstić information content (AvgIpc) is 3.11. The molecule has 0 saturated heterocycles. The van der Waals surface area contributed by atoms with Gasteiger partial charge in [0.1, 0.15) is 10.7 Å². The summed E-state index contributed by atoms with van der Waals surface area (Å²) in [6, 6.07) is 18.5. The van der Waals surface area contributed by atoms with E-state index in [0.717, 1.165) is 4.90 Å². The molecule has 0 atom stereocenters. The van der Waals surface area contributed by atoms with E-state index in [1.165, 1.54) is 44.4 Å². The van der Waals surface area contributed by atoms with Crippen LogP contribution in [0.4, 0.5) is 17.1 Å². The molecule has 0 radical (unpaired) electrons. The van der Waals surface area contributed by atoms with Crippen LogP contribution in [0.15, 0.2) is 83.5 Å². The fourth-order valence-corrected chi connectivity index (χ4v) is 3.82. The monoisotopic (exact) mass is 517 g/mol. The Morgan fingerprint density at radius 2 is 1.43 bits per heavy atom. The number of anilines is 3. The number of rotatable bonds is 7. The standard InChI is InChI=1S/C27H20ClN3O6/c1-15(32)17-5-3-8-20(13-17)30-24(33)18-6-4-7-19(14-18)29-23-22(28)25(34)31(26(23)35)21-11-9-16(10-12-21)27(36)37-2/h3-14,29H,1-2H3,(H,30,33). The third kappa shape index (κ3) is 5.26. The van der Waals surface area contributed by atoms with Crippen molar-refractivity contribution >= 4 is 58.1 Å². The zero-order valence-electron chi connectivity index (χ0n) is 19.7. The van der Waals surface area contributed by atoms with Crippen molar-refractivity contribution in [1.82, 2.24) is 0 Å². The van der Waals surface area contributed by atoms with Crippen molar-refractivity contribution in [3.05, 3.63) is 100 Å². The molecule has 3 amide bonds. The first-order valence-electron chi connectivity index (χ1n) is 11.0. The van der Waals surface area contributed by atoms with E-state index in [4.69, 9.17) is 11.6 Å². The van der Waals surface area contributed by atoms with Crippen molar-refractivity contribution in [1.29, 1.82) is 0 Å². The zero-order valence-corrected chi connectivity index (χ0v) is 20.5. The van der Waals surface area contributed by atoms with Crippen LogP contribution >= 0.6 is 11.6 Å². The summed E-state index contributed by atoms with van der Waals surface area (Å²) in [7, 11) is 1.25. The maximum absolute atomic E-state index is 13.1. The van der Waals surface area contributed by atoms with Crippen LogP contribution in [0.1, 0.15) is 38.0 Å². The number of nitrogens with one attached hydrogen (secondary N) is 2. The Bertz CT molecular complexity index is 1480. The molecule has 3 aromatic rings. The van der Waals surface area contributed by atoms with Crippen LogP contribution in [0, 0.1) is 0 Å². The van der Waals surface area contributed by atoms with Gasteiger partial charge in [-0.15, -0.1) is 0 Å². The van der Waals surface area contributed by atoms with E-state index in [1.807, 2.05) is 0 Å². The Labute approximate surface area is 216 Å². The average molecular weight is 518 g/mol. The van der Waals surface area contributed by atoms with Crippen LogP contribution in [0.3, 0.4) is 0 Å². The molecule has 0 unspecified atom stereocenters. The summed E-state index contributed by atoms with van der Waals surface area (Å²) in [5, 5.41) is 5.23. The Balaban J connectivity index is 1.51. The minimum Gasteiger partial charge on any atom is -0.465 e. The number of carbonyl (C=O) groups excluding carboxylic acids is 5. The largest absolute Gasteiger partial charge is 0.465 e. The first kappa shape index (κ1) is 25.3. The zero-order chi connectivity index (χ0) is 26.7. The highest BCUT2D eigenvalue weighted by atomic mass is 35.5. The molecule has 0 saturated carbocycles. The van der Waals surface area contributed by atoms with Gasteiger partial charge >= 0.3 is 5.97 Å². The molecular weight excluding hydrogens is 498 g/mol. The van der Waals surface area contributed by atoms with Gasteiger partial charge in [-0.3, -0.25) is 19.2 Å². The number of imide groups is 1. The fourth-order valence-electron chi connectivity index (χ4n) is 3.61. The predicted molar refractivity (Wildman–Crippen MR) is 138 cm³/mol. The van der Waals surface area contributed by atoms with E-state index in [-0.39, 0.29) is 33.3 Å². The molecule has 1 heterocycles. The molecule has 186 valence electrons. The number of ether oxygens (including phenoxy) is 1. The van der Waals surface area contributed by atoms with Crippen LogP contribution < -0.4 is 15.5 Å². The third-order valence-electron chi connectivity index (χ3n) is 5.49. The van der Waals surface area contributed by atoms with E-state index in [0.29, 0.717) is 16.9 Å². The molecule has 3 aromatic carbocycles. The number of methoxy groups -OCH3 is 1. The molecule has 0 aromatic heterocycles. The van der Waals surface area contributed by atoms with Gasteiger partial charge in [0, 0.05) is 22.5 Å². The highest BCUT2D eigenvalue weighted by Crippen LogP contribution is 2.30. The van der Waals surface area contributed by atoms with E-state index in [2.05, 4.69) is 15.4 Å². The van der Waals surface area contributed by atoms with Crippen LogP contribution in [0.25, 0.3) is 0 Å². The van der Waals surface area contributed by atoms with Gasteiger partial charge in [0.2, 0.25) is 0 Å². The molecule has 1 aliphatic heterocycles. The SMILES string of the molecule is COC(=O)c1ccc(N2C(=O)C(Cl)=C(Nc3cccc(C(=O)Nc4cccc(C(C)=O)c4)c3)C2=O)cc1. The van der Waals surface area contributed by atoms with Crippen LogP contribution in [0.5, 0.6) is 0 Å². The van der Waals surface area contributed by atoms with Gasteiger partial charge in [0.05, 0.1) is 18.4 Å². The molecular formula is C27H20ClN3O6. The number of amides is 3. The smallest absolute Gasteiger partial charge is 0.337 e. The number of ketones is 1. The van der Waals surface area contributed by atoms with Crippen molar-refractivity contribution in [2.24, 2.45) is 0 Å². The number of carbonyl (C=O) groups is 5. The second-order valence-corrected chi connectivity index (χ2v) is 8.35. The molecule has 0 aliphatic carbocycles. The summed E-state index contributed by atoms with van der Waals surface area (Å²) in [5.74, 6) is -2.56. The second kappa shape index (κ2) is 10.5. The minimum absolute atomic E-state index is 0.128. The van der Waals surface area contributed by atoms with E-state index < -0.39 is 23.7 Å². The van der Waals surface area contributed by atoms with Crippen LogP contribution in [-0.2, 0) is 14.3 Å². The number of halogens is 1. The quantitative estimate of drug-likeness (QED) is 0.271. The summed E-state index contributed by atoms with van der Waals surface area (Å²) >= 11 is 6.20. The van der Waals surface area contributed by atoms with Gasteiger partial charge in [-0.05, 0) is 61.5 Å². The summed E-state index contributed by atoms with van der Waals surface area (Å²) in [6.45, 7) is 1.43. The first-order valence-corrected chi connectivity index (χ1v) is 11.3. The molecule has 1 aliphatic rings. The topological polar surface area (TPSA) is 122 Å². The minimum atomic E-state index is -0.737. The Kier molecular flexibility index (Phi) is 7.17. The number of hydrogen-bond acceptors (Lipinski definition) is 7. The van der Waals surface area contributed by atoms with Crippen molar-refractivity contribution in [2.75, 3.05) is 22.6 Å². The maximum Gasteiger partial charge on any atom is 0.337 e. The van der Waals surface area contributed by atoms with Gasteiger partial charge in [-0.1, -0.05) is 29.8 Å². The molecule has 0 bridgehead atoms. The highest BCUT2D eigenvalue weighted by molar-refractivity contribution is 6.53. The Morgan fingerprint density at radius 1 is 0.811 bits per heavy atom. The maximum atomic E-state index is 13.1. The van der Waals surface area contributed by atoms with Crippen molar-refractivity contribution in [3.8, 4) is 0 Å². The number of esters is 1. The van der Waals surface area contributed by atoms with E-state index in [1.54, 1.807) is 42.5 Å². The molecule has 0 spiro atoms. The molecule has 0 fully saturated rings. The van der Waals surface area contributed by atoms with Crippen molar-refractivity contribution < 1.29 is 28.7 Å². The van der Waals surface area contributed by atoms with Gasteiger partial charge in [-0.25, -0.2) is 9.69 Å². The number of Topliss-reactive ketones (excluding diaryl/α,β-unsaturated/α-hetero) is 1. The summed E-state index contributed by atoms with van der Waals surface area (Å²) < 4.78 is 4.65. The van der Waals surface area contributed by atoms with Gasteiger partial charge in [-0.2, -0.15) is 0 Å². The van der Waals surface area contributed by atoms with Gasteiger partial charge in [0.15, 0.2) is 5.78 Å². The van der Waals surface area contributed by atoms with Gasteiger partial charge in [0.25, 0.3) is 17.7 Å². The molecule has 4 rings (SSSR count). The number of hydrogen-bond donors (Lipinski definition) is 2. The van der Waals surface area contributed by atoms with Crippen molar-refractivity contribution in [3.63, 3.8) is 0 Å². The highest BCUT2D eigenvalue weighted by Gasteiger charge is 2.39. The Morgan fingerprint density at radius 3 is 2.08 bits per heavy atom. The molecule has 10 heteroatoms. The van der Waals surface area contributed by atoms with Crippen molar-refractivity contribution in [2.45, 2.75) is 6.92 Å². The summed E-state index contributed by atoms with van der Waals surface area (Å²) in [6.07, 6.45) is 0. The Hall–Kier alpha value is -4.76. The van der Waals surface area contributed by atoms with E-state index in [9.17, 15) is 24.0 Å². The lowest BCUT2D eigenvalue weighted by Crippen LogP contribution is -2.32. The normalized spacial score (nSPS) is 13.0. The number of nitrogens with zero attached hydrogens (tertiary/aromatic N) is 1. The lowest BCUT2D eigenvalue weighted by atomic mass is 10.1. The lowest BCUT2D eigenvalue weighted by Gasteiger charge is -2.15. The predicted octanol–water partition coefficient (Wildman–Crippen LogP) is 4.36. The fraction of sp³-hybridized carbons (Fsp3) is 0.0741. The van der Waals surface area contributed by atoms with Crippen LogP contribution in [-0.4, -0.2) is 36.6 Å². The second-order valence-electron chi connectivity index (χ2n) is 7.97. The van der Waals surface area contributed by atoms with Crippen LogP contribution in [0.2, 0.25) is 0 Å². The first-order chi connectivity index (χ1) is 17.7. The van der Waals surface area contributed by atoms with E-state index >= 15 is 0 Å². The molecule has 37 heavy (non-hydrogen) atoms. The van der Waals surface area contributed by atoms with Gasteiger partial charge < -0.3 is 15.4 Å².